The number of nitrogens with one attached hydrogen (secondary N) is 5. The zero-order valence-corrected chi connectivity index (χ0v) is 37.5. The third-order valence-electron chi connectivity index (χ3n) is 10.7. The van der Waals surface area contributed by atoms with Crippen LogP contribution in [0.25, 0.3) is 21.8 Å². The molecule has 17 heteroatoms. The summed E-state index contributed by atoms with van der Waals surface area (Å²) in [5, 5.41) is 46.3. The van der Waals surface area contributed by atoms with Crippen molar-refractivity contribution in [1.82, 2.24) is 9.97 Å². The first-order valence-corrected chi connectivity index (χ1v) is 22.5. The molecule has 1 aliphatic rings. The van der Waals surface area contributed by atoms with Crippen LogP contribution < -0.4 is 25.0 Å². The molecule has 1 saturated carbocycles. The van der Waals surface area contributed by atoms with Crippen molar-refractivity contribution < 1.29 is 43.7 Å². The summed E-state index contributed by atoms with van der Waals surface area (Å²) in [5.74, 6) is -3.05. The molecule has 2 heterocycles. The Bertz CT molecular complexity index is 3170. The molecule has 7 aromatic rings. The van der Waals surface area contributed by atoms with Gasteiger partial charge in [-0.25, -0.2) is 4.79 Å². The quantitative estimate of drug-likeness (QED) is 0.0549. The zero-order chi connectivity index (χ0) is 47.1. The number of carboxylic acids is 2. The van der Waals surface area contributed by atoms with Crippen LogP contribution in [-0.4, -0.2) is 76.8 Å². The van der Waals surface area contributed by atoms with E-state index >= 15 is 0 Å². The van der Waals surface area contributed by atoms with Gasteiger partial charge in [-0.2, -0.15) is 5.26 Å². The molecule has 8 rings (SSSR count). The van der Waals surface area contributed by atoms with Crippen molar-refractivity contribution in [1.29, 1.82) is 10.5 Å². The third kappa shape index (κ3) is 10.5. The number of aromatic amines is 2. The SMILES string of the molecule is CC1(C(=O)[AsH]c2cccc3cc(C(=O)Nc4ccc(C#N)cc4C(=O)O)[nH]c23)CC1.CCOc1ccc(CC(=O)Nc2cccc3cc(C(=O)Nc4ccc(C#N)cc4C(=O)O)[nH]c23)cc1. The second-order valence-corrected chi connectivity index (χ2v) is 18.1. The summed E-state index contributed by atoms with van der Waals surface area (Å²) >= 11 is -1.01. The van der Waals surface area contributed by atoms with Gasteiger partial charge < -0.3 is 25.5 Å². The molecule has 1 fully saturated rings. The summed E-state index contributed by atoms with van der Waals surface area (Å²) in [7, 11) is 0. The molecule has 0 spiro atoms. The van der Waals surface area contributed by atoms with Gasteiger partial charge in [-0.15, -0.1) is 0 Å². The van der Waals surface area contributed by atoms with Crippen molar-refractivity contribution in [3.8, 4) is 17.9 Å². The van der Waals surface area contributed by atoms with E-state index in [2.05, 4.69) is 25.9 Å². The molecule has 0 bridgehead atoms. The molecular formula is C49H40AsN7O9. The van der Waals surface area contributed by atoms with Crippen LogP contribution in [0.4, 0.5) is 17.1 Å². The summed E-state index contributed by atoms with van der Waals surface area (Å²) in [4.78, 5) is 80.0. The fraction of sp³-hybridized carbons (Fsp3) is 0.143. The number of carbonyl (C=O) groups excluding carboxylic acids is 4. The van der Waals surface area contributed by atoms with Gasteiger partial charge in [0.15, 0.2) is 0 Å². The smallest absolute Gasteiger partial charge is 0.337 e. The van der Waals surface area contributed by atoms with E-state index in [1.165, 1.54) is 36.4 Å². The molecule has 2 aromatic heterocycles. The average molecular weight is 946 g/mol. The minimum absolute atomic E-state index is 0.0639. The normalized spacial score (nSPS) is 12.3. The molecule has 3 amide bonds. The predicted octanol–water partition coefficient (Wildman–Crippen LogP) is 6.95. The van der Waals surface area contributed by atoms with Crippen LogP contribution in [0.5, 0.6) is 5.75 Å². The van der Waals surface area contributed by atoms with Crippen molar-refractivity contribution in [3.05, 3.63) is 148 Å². The number of benzene rings is 5. The first-order valence-electron chi connectivity index (χ1n) is 20.4. The molecule has 330 valence electrons. The molecule has 1 atom stereocenters. The van der Waals surface area contributed by atoms with E-state index in [9.17, 15) is 39.0 Å². The molecule has 7 N–H and O–H groups in total. The maximum atomic E-state index is 12.9. The molecule has 0 aliphatic heterocycles. The Kier molecular flexibility index (Phi) is 13.5. The Labute approximate surface area is 383 Å². The number of H-pyrrole nitrogens is 2. The Balaban J connectivity index is 0.000000199. The summed E-state index contributed by atoms with van der Waals surface area (Å²) in [6.07, 6.45) is 2.05. The number of nitrogens with zero attached hydrogens (tertiary/aromatic N) is 2. The Morgan fingerprint density at radius 1 is 0.682 bits per heavy atom. The average Bonchev–Trinajstić information content (AvgIpc) is 3.67. The minimum atomic E-state index is -1.27. The number of aromatic nitrogens is 2. The maximum absolute atomic E-state index is 12.9. The standard InChI is InChI=1S/C27H22N4O5.C22H18AsN3O4/c1-2-36-19-9-6-16(7-10-19)13-24(32)29-22-5-3-4-18-14-23(30-25(18)22)26(33)31-21-11-8-17(15-28)12-20(21)27(34)35;1-22(7-8-22)21(30)23-15-4-2-3-13-10-17(25-18(13)15)19(27)26-16-6-5-12(11-24)9-14(16)20(28)29/h3-12,14,30H,2,13H2,1H3,(H,29,32)(H,31,33)(H,34,35);2-6,9-10,23,25H,7-8H2,1H3,(H,26,27)(H,28,29). The van der Waals surface area contributed by atoms with Crippen LogP contribution >= 0.6 is 0 Å². The number of aromatic carboxylic acids is 2. The number of carboxylic acid groups (broad SMARTS) is 2. The fourth-order valence-corrected chi connectivity index (χ4v) is 9.63. The Morgan fingerprint density at radius 2 is 1.21 bits per heavy atom. The van der Waals surface area contributed by atoms with E-state index in [1.807, 2.05) is 68.5 Å². The molecule has 5 aromatic carbocycles. The molecular weight excluding hydrogens is 906 g/mol. The van der Waals surface area contributed by atoms with Crippen LogP contribution in [0.1, 0.15) is 85.1 Å². The van der Waals surface area contributed by atoms with Crippen LogP contribution in [-0.2, 0) is 16.0 Å². The van der Waals surface area contributed by atoms with Crippen LogP contribution in [0.15, 0.2) is 109 Å². The number of amides is 3. The molecule has 0 radical (unpaired) electrons. The van der Waals surface area contributed by atoms with Crippen molar-refractivity contribution in [2.75, 3.05) is 22.6 Å². The second kappa shape index (κ2) is 19.5. The number of anilines is 3. The summed E-state index contributed by atoms with van der Waals surface area (Å²) < 4.78 is 6.69. The van der Waals surface area contributed by atoms with E-state index in [-0.39, 0.29) is 62.8 Å². The van der Waals surface area contributed by atoms with E-state index in [1.54, 1.807) is 30.3 Å². The van der Waals surface area contributed by atoms with Crippen LogP contribution in [0.2, 0.25) is 0 Å². The van der Waals surface area contributed by atoms with Gasteiger partial charge in [0.05, 0.1) is 47.1 Å². The maximum Gasteiger partial charge on any atom is 0.337 e. The van der Waals surface area contributed by atoms with E-state index < -0.39 is 39.5 Å². The van der Waals surface area contributed by atoms with Gasteiger partial charge in [-0.05, 0) is 55.0 Å². The molecule has 1 unspecified atom stereocenters. The summed E-state index contributed by atoms with van der Waals surface area (Å²) in [5.41, 5.74) is 3.13. The number of nitriles is 2. The number of para-hydroxylation sites is 2. The van der Waals surface area contributed by atoms with Gasteiger partial charge in [0.2, 0.25) is 5.91 Å². The summed E-state index contributed by atoms with van der Waals surface area (Å²) in [6, 6.07) is 33.3. The summed E-state index contributed by atoms with van der Waals surface area (Å²) in [6.45, 7) is 4.47. The van der Waals surface area contributed by atoms with Gasteiger partial charge in [-0.3, -0.25) is 9.59 Å². The predicted molar refractivity (Wildman–Crippen MR) is 248 cm³/mol. The first-order chi connectivity index (χ1) is 31.7. The van der Waals surface area contributed by atoms with Gasteiger partial charge in [0.25, 0.3) is 5.91 Å². The van der Waals surface area contributed by atoms with Crippen LogP contribution in [0.3, 0.4) is 0 Å². The van der Waals surface area contributed by atoms with Crippen molar-refractivity contribution in [2.45, 2.75) is 33.1 Å². The molecule has 16 nitrogen and oxygen atoms in total. The van der Waals surface area contributed by atoms with Crippen molar-refractivity contribution in [3.63, 3.8) is 0 Å². The number of fused-ring (bicyclic) bond motifs is 2. The molecule has 66 heavy (non-hydrogen) atoms. The van der Waals surface area contributed by atoms with Crippen molar-refractivity contribution in [2.24, 2.45) is 5.41 Å². The van der Waals surface area contributed by atoms with Gasteiger partial charge >= 0.3 is 185 Å². The van der Waals surface area contributed by atoms with E-state index in [0.717, 1.165) is 39.4 Å². The zero-order valence-electron chi connectivity index (χ0n) is 35.4. The van der Waals surface area contributed by atoms with Crippen molar-refractivity contribution >= 4 is 93.2 Å². The van der Waals surface area contributed by atoms with E-state index in [4.69, 9.17) is 15.3 Å². The van der Waals surface area contributed by atoms with Gasteiger partial charge in [-0.1, -0.05) is 24.3 Å². The number of hydrogen-bond acceptors (Lipinski definition) is 9. The topological polar surface area (TPSA) is 267 Å². The second-order valence-electron chi connectivity index (χ2n) is 15.5. The monoisotopic (exact) mass is 945 g/mol. The first kappa shape index (κ1) is 45.6. The number of ether oxygens (including phenoxy) is 1. The molecule has 1 aliphatic carbocycles. The minimum Gasteiger partial charge on any atom is -0.494 e. The third-order valence-corrected chi connectivity index (χ3v) is 13.9. The largest absolute Gasteiger partial charge is 0.494 e. The number of hydrogen-bond donors (Lipinski definition) is 7. The van der Waals surface area contributed by atoms with Crippen LogP contribution in [0, 0.1) is 28.1 Å². The Hall–Kier alpha value is -8.46. The number of rotatable bonds is 14. The number of carbonyl (C=O) groups is 6. The van der Waals surface area contributed by atoms with Gasteiger partial charge in [0.1, 0.15) is 11.4 Å². The fourth-order valence-electron chi connectivity index (χ4n) is 6.88. The van der Waals surface area contributed by atoms with Gasteiger partial charge in [0, 0.05) is 5.39 Å². The Morgan fingerprint density at radius 3 is 1.73 bits per heavy atom. The molecule has 0 saturated heterocycles. The van der Waals surface area contributed by atoms with E-state index in [0.29, 0.717) is 27.8 Å².